The molecule has 7 nitrogen and oxygen atoms in total. The number of hydrogen-bond acceptors (Lipinski definition) is 5. The fourth-order valence-electron chi connectivity index (χ4n) is 1.61. The summed E-state index contributed by atoms with van der Waals surface area (Å²) in [6, 6.07) is 6.09. The summed E-state index contributed by atoms with van der Waals surface area (Å²) in [6.45, 7) is 0.197. The summed E-state index contributed by atoms with van der Waals surface area (Å²) in [5.74, 6) is -0.611. The summed E-state index contributed by atoms with van der Waals surface area (Å²) >= 11 is 0. The van der Waals surface area contributed by atoms with Crippen LogP contribution in [0.3, 0.4) is 0 Å². The van der Waals surface area contributed by atoms with E-state index in [2.05, 4.69) is 10.3 Å². The van der Waals surface area contributed by atoms with Crippen molar-refractivity contribution in [3.8, 4) is 0 Å². The van der Waals surface area contributed by atoms with Gasteiger partial charge < -0.3 is 21.2 Å². The molecule has 0 atom stereocenters. The predicted molar refractivity (Wildman–Crippen MR) is 71.9 cm³/mol. The molecule has 0 saturated heterocycles. The zero-order chi connectivity index (χ0) is 14.5. The first-order chi connectivity index (χ1) is 9.61. The first kappa shape index (κ1) is 13.8. The van der Waals surface area contributed by atoms with Crippen LogP contribution in [0, 0.1) is 6.42 Å². The van der Waals surface area contributed by atoms with Crippen LogP contribution in [0.15, 0.2) is 34.9 Å². The van der Waals surface area contributed by atoms with Gasteiger partial charge in [-0.2, -0.15) is 0 Å². The summed E-state index contributed by atoms with van der Waals surface area (Å²) in [4.78, 5) is 27.2. The van der Waals surface area contributed by atoms with Crippen molar-refractivity contribution < 1.29 is 14.0 Å². The minimum absolute atomic E-state index is 0.162. The van der Waals surface area contributed by atoms with Gasteiger partial charge in [-0.1, -0.05) is 0 Å². The molecule has 1 radical (unpaired) electrons. The minimum Gasteiger partial charge on any atom is -0.459 e. The van der Waals surface area contributed by atoms with Crippen molar-refractivity contribution in [2.24, 2.45) is 11.5 Å². The molecule has 0 aliphatic heterocycles. The molecule has 2 amide bonds. The number of carbonyl (C=O) groups is 2. The Morgan fingerprint density at radius 3 is 2.75 bits per heavy atom. The highest BCUT2D eigenvalue weighted by molar-refractivity contribution is 6.02. The van der Waals surface area contributed by atoms with Gasteiger partial charge in [0.2, 0.25) is 0 Å². The maximum atomic E-state index is 11.8. The van der Waals surface area contributed by atoms with E-state index in [0.29, 0.717) is 5.69 Å². The van der Waals surface area contributed by atoms with E-state index in [9.17, 15) is 9.59 Å². The van der Waals surface area contributed by atoms with Gasteiger partial charge in [0.15, 0.2) is 5.76 Å². The van der Waals surface area contributed by atoms with Gasteiger partial charge in [-0.15, -0.1) is 0 Å². The highest BCUT2D eigenvalue weighted by Crippen LogP contribution is 2.13. The lowest BCUT2D eigenvalue weighted by atomic mass is 10.1. The number of nitrogens with two attached hydrogens (primary N) is 2. The lowest BCUT2D eigenvalue weighted by Crippen LogP contribution is -2.18. The van der Waals surface area contributed by atoms with E-state index in [4.69, 9.17) is 15.9 Å². The SMILES string of the molecule is NC[CH]c1nc(NC(=O)c2ccco2)ccc1C(N)=O. The molecule has 0 aliphatic carbocycles. The Balaban J connectivity index is 2.22. The predicted octanol–water partition coefficient (Wildman–Crippen LogP) is 0.537. The van der Waals surface area contributed by atoms with Gasteiger partial charge >= 0.3 is 0 Å². The molecule has 2 aromatic rings. The first-order valence-corrected chi connectivity index (χ1v) is 5.81. The molecule has 7 heteroatoms. The molecule has 0 aliphatic rings. The van der Waals surface area contributed by atoms with E-state index < -0.39 is 11.8 Å². The van der Waals surface area contributed by atoms with E-state index in [-0.39, 0.29) is 23.7 Å². The maximum absolute atomic E-state index is 11.8. The Hall–Kier alpha value is -2.67. The van der Waals surface area contributed by atoms with Crippen molar-refractivity contribution in [3.63, 3.8) is 0 Å². The van der Waals surface area contributed by atoms with Crippen LogP contribution in [0.4, 0.5) is 5.82 Å². The summed E-state index contributed by atoms with van der Waals surface area (Å²) in [5.41, 5.74) is 11.2. The van der Waals surface area contributed by atoms with Gasteiger partial charge in [0, 0.05) is 13.0 Å². The molecule has 0 unspecified atom stereocenters. The summed E-state index contributed by atoms with van der Waals surface area (Å²) in [6.07, 6.45) is 2.94. The number of nitrogens with zero attached hydrogens (tertiary/aromatic N) is 1. The Kier molecular flexibility index (Phi) is 4.11. The van der Waals surface area contributed by atoms with Crippen LogP contribution in [0.1, 0.15) is 26.6 Å². The molecule has 5 N–H and O–H groups in total. The molecular formula is C13H13N4O3. The molecule has 0 aromatic carbocycles. The van der Waals surface area contributed by atoms with Gasteiger partial charge in [0.25, 0.3) is 11.8 Å². The average molecular weight is 273 g/mol. The Labute approximate surface area is 115 Å². The summed E-state index contributed by atoms with van der Waals surface area (Å²) < 4.78 is 4.97. The number of primary amides is 1. The second-order valence-corrected chi connectivity index (χ2v) is 3.86. The number of anilines is 1. The lowest BCUT2D eigenvalue weighted by molar-refractivity contribution is 0.0991. The van der Waals surface area contributed by atoms with Gasteiger partial charge in [0.1, 0.15) is 5.82 Å². The van der Waals surface area contributed by atoms with E-state index in [1.54, 1.807) is 12.5 Å². The van der Waals surface area contributed by atoms with E-state index in [1.165, 1.54) is 24.5 Å². The van der Waals surface area contributed by atoms with E-state index in [0.717, 1.165) is 0 Å². The monoisotopic (exact) mass is 273 g/mol. The van der Waals surface area contributed by atoms with Crippen molar-refractivity contribution in [2.45, 2.75) is 0 Å². The standard InChI is InChI=1S/C13H13N4O3/c14-6-5-9-8(12(15)18)3-4-11(16-9)17-13(19)10-2-1-7-20-10/h1-5,7H,6,14H2,(H2,15,18)(H,16,17,19). The van der Waals surface area contributed by atoms with Gasteiger partial charge in [0.05, 0.1) is 17.5 Å². The number of hydrogen-bond donors (Lipinski definition) is 3. The molecule has 2 heterocycles. The van der Waals surface area contributed by atoms with Crippen molar-refractivity contribution >= 4 is 17.6 Å². The zero-order valence-corrected chi connectivity index (χ0v) is 10.5. The fraction of sp³-hybridized carbons (Fsp3) is 0.0769. The van der Waals surface area contributed by atoms with Crippen LogP contribution in [-0.4, -0.2) is 23.3 Å². The van der Waals surface area contributed by atoms with Crippen LogP contribution >= 0.6 is 0 Å². The van der Waals surface area contributed by atoms with Crippen LogP contribution in [0.5, 0.6) is 0 Å². The number of rotatable bonds is 5. The van der Waals surface area contributed by atoms with E-state index in [1.807, 2.05) is 0 Å². The first-order valence-electron chi connectivity index (χ1n) is 5.81. The molecular weight excluding hydrogens is 260 g/mol. The maximum Gasteiger partial charge on any atom is 0.292 e. The molecule has 0 spiro atoms. The van der Waals surface area contributed by atoms with Crippen LogP contribution in [-0.2, 0) is 0 Å². The van der Waals surface area contributed by atoms with Gasteiger partial charge in [-0.25, -0.2) is 4.98 Å². The molecule has 0 fully saturated rings. The molecule has 0 bridgehead atoms. The van der Waals surface area contributed by atoms with Crippen LogP contribution < -0.4 is 16.8 Å². The third kappa shape index (κ3) is 3.01. The lowest BCUT2D eigenvalue weighted by Gasteiger charge is -2.08. The molecule has 2 rings (SSSR count). The number of aromatic nitrogens is 1. The third-order valence-electron chi connectivity index (χ3n) is 2.49. The molecule has 20 heavy (non-hydrogen) atoms. The van der Waals surface area contributed by atoms with Crippen molar-refractivity contribution in [2.75, 3.05) is 11.9 Å². The Bertz CT molecular complexity index is 623. The second kappa shape index (κ2) is 5.98. The number of amides is 2. The second-order valence-electron chi connectivity index (χ2n) is 3.86. The molecule has 103 valence electrons. The van der Waals surface area contributed by atoms with Crippen molar-refractivity contribution in [1.29, 1.82) is 0 Å². The summed E-state index contributed by atoms with van der Waals surface area (Å²) in [5, 5.41) is 2.55. The highest BCUT2D eigenvalue weighted by Gasteiger charge is 2.13. The minimum atomic E-state index is -0.610. The zero-order valence-electron chi connectivity index (χ0n) is 10.5. The van der Waals surface area contributed by atoms with Crippen molar-refractivity contribution in [1.82, 2.24) is 4.98 Å². The molecule has 0 saturated carbocycles. The number of nitrogens with one attached hydrogen (secondary N) is 1. The molecule has 2 aromatic heterocycles. The van der Waals surface area contributed by atoms with Crippen molar-refractivity contribution in [3.05, 3.63) is 54.0 Å². The smallest absolute Gasteiger partial charge is 0.292 e. The third-order valence-corrected chi connectivity index (χ3v) is 2.49. The van der Waals surface area contributed by atoms with Gasteiger partial charge in [-0.05, 0) is 24.3 Å². The fourth-order valence-corrected chi connectivity index (χ4v) is 1.61. The summed E-state index contributed by atoms with van der Waals surface area (Å²) in [7, 11) is 0. The van der Waals surface area contributed by atoms with E-state index >= 15 is 0 Å². The number of furan rings is 1. The van der Waals surface area contributed by atoms with Crippen LogP contribution in [0.2, 0.25) is 0 Å². The number of carbonyl (C=O) groups excluding carboxylic acids is 2. The average Bonchev–Trinajstić information content (AvgIpc) is 2.93. The Morgan fingerprint density at radius 2 is 2.15 bits per heavy atom. The van der Waals surface area contributed by atoms with Crippen LogP contribution in [0.25, 0.3) is 0 Å². The normalized spacial score (nSPS) is 10.2. The quantitative estimate of drug-likeness (QED) is 0.733. The highest BCUT2D eigenvalue weighted by atomic mass is 16.3. The largest absolute Gasteiger partial charge is 0.459 e. The topological polar surface area (TPSA) is 124 Å². The number of pyridine rings is 1. The van der Waals surface area contributed by atoms with Gasteiger partial charge in [-0.3, -0.25) is 9.59 Å². The Morgan fingerprint density at radius 1 is 1.35 bits per heavy atom.